The van der Waals surface area contributed by atoms with Crippen LogP contribution in [-0.2, 0) is 9.59 Å². The fraction of sp³-hybridized carbons (Fsp3) is 0.818. The molecule has 0 aromatic carbocycles. The van der Waals surface area contributed by atoms with Gasteiger partial charge in [-0.2, -0.15) is 0 Å². The summed E-state index contributed by atoms with van der Waals surface area (Å²) in [5, 5.41) is 2.52. The smallest absolute Gasteiger partial charge is 0.239 e. The summed E-state index contributed by atoms with van der Waals surface area (Å²) in [5.74, 6) is -0.0311. The van der Waals surface area contributed by atoms with Crippen molar-refractivity contribution in [2.24, 2.45) is 5.92 Å². The lowest BCUT2D eigenvalue weighted by Gasteiger charge is -2.23. The first-order valence-corrected chi connectivity index (χ1v) is 5.56. The number of rotatable bonds is 6. The molecule has 0 spiro atoms. The third-order valence-electron chi connectivity index (χ3n) is 2.45. The minimum Gasteiger partial charge on any atom is -0.358 e. The van der Waals surface area contributed by atoms with Crippen LogP contribution in [0.1, 0.15) is 33.6 Å². The molecule has 0 fully saturated rings. The van der Waals surface area contributed by atoms with Crippen LogP contribution in [0.4, 0.5) is 0 Å². The molecule has 0 radical (unpaired) electrons. The summed E-state index contributed by atoms with van der Waals surface area (Å²) in [6.45, 7) is 6.61. The predicted molar refractivity (Wildman–Crippen MR) is 60.4 cm³/mol. The molecule has 0 aliphatic rings. The van der Waals surface area contributed by atoms with Gasteiger partial charge in [-0.1, -0.05) is 20.3 Å². The molecule has 0 bridgehead atoms. The second-order valence-corrected chi connectivity index (χ2v) is 3.72. The third kappa shape index (κ3) is 4.81. The first kappa shape index (κ1) is 13.9. The number of nitrogens with one attached hydrogen (secondary N) is 1. The zero-order valence-electron chi connectivity index (χ0n) is 10.2. The summed E-state index contributed by atoms with van der Waals surface area (Å²) in [7, 11) is 1.58. The number of hydrogen-bond donors (Lipinski definition) is 1. The number of likely N-dealkylation sites (N-methyl/N-ethyl adjacent to an activating group) is 2. The second-order valence-electron chi connectivity index (χ2n) is 3.72. The summed E-state index contributed by atoms with van der Waals surface area (Å²) >= 11 is 0. The van der Waals surface area contributed by atoms with Gasteiger partial charge < -0.3 is 10.2 Å². The number of nitrogens with zero attached hydrogens (tertiary/aromatic N) is 1. The van der Waals surface area contributed by atoms with E-state index >= 15 is 0 Å². The van der Waals surface area contributed by atoms with Crippen molar-refractivity contribution in [3.63, 3.8) is 0 Å². The van der Waals surface area contributed by atoms with Gasteiger partial charge in [0.1, 0.15) is 0 Å². The Hall–Kier alpha value is -1.06. The molecule has 0 aliphatic heterocycles. The SMILES string of the molecule is CCC[C@@H](C)C(=O)N(CC)CC(=O)NC. The van der Waals surface area contributed by atoms with E-state index in [4.69, 9.17) is 0 Å². The zero-order valence-corrected chi connectivity index (χ0v) is 10.2. The molecule has 4 heteroatoms. The molecule has 0 saturated carbocycles. The fourth-order valence-corrected chi connectivity index (χ4v) is 1.47. The second kappa shape index (κ2) is 7.26. The van der Waals surface area contributed by atoms with Gasteiger partial charge in [0.15, 0.2) is 0 Å². The Morgan fingerprint density at radius 3 is 2.33 bits per heavy atom. The maximum Gasteiger partial charge on any atom is 0.239 e. The largest absolute Gasteiger partial charge is 0.358 e. The van der Waals surface area contributed by atoms with E-state index in [1.807, 2.05) is 13.8 Å². The zero-order chi connectivity index (χ0) is 11.8. The number of carbonyl (C=O) groups excluding carboxylic acids is 2. The fourth-order valence-electron chi connectivity index (χ4n) is 1.47. The minimum atomic E-state index is -0.117. The highest BCUT2D eigenvalue weighted by Crippen LogP contribution is 2.09. The van der Waals surface area contributed by atoms with Gasteiger partial charge in [0, 0.05) is 19.5 Å². The Kier molecular flexibility index (Phi) is 6.75. The molecule has 15 heavy (non-hydrogen) atoms. The highest BCUT2D eigenvalue weighted by atomic mass is 16.2. The summed E-state index contributed by atoms with van der Waals surface area (Å²) in [6.07, 6.45) is 1.87. The van der Waals surface area contributed by atoms with Crippen molar-refractivity contribution in [2.75, 3.05) is 20.1 Å². The molecule has 0 aromatic heterocycles. The highest BCUT2D eigenvalue weighted by molar-refractivity contribution is 5.85. The Morgan fingerprint density at radius 1 is 1.33 bits per heavy atom. The van der Waals surface area contributed by atoms with Crippen LogP contribution >= 0.6 is 0 Å². The number of amides is 2. The number of hydrogen-bond acceptors (Lipinski definition) is 2. The number of carbonyl (C=O) groups is 2. The summed E-state index contributed by atoms with van der Waals surface area (Å²) in [6, 6.07) is 0. The van der Waals surface area contributed by atoms with Crippen LogP contribution < -0.4 is 5.32 Å². The average molecular weight is 214 g/mol. The van der Waals surface area contributed by atoms with E-state index in [0.717, 1.165) is 12.8 Å². The van der Waals surface area contributed by atoms with Crippen LogP contribution in [-0.4, -0.2) is 36.9 Å². The molecule has 2 amide bonds. The summed E-state index contributed by atoms with van der Waals surface area (Å²) in [4.78, 5) is 24.6. The van der Waals surface area contributed by atoms with E-state index in [-0.39, 0.29) is 24.3 Å². The van der Waals surface area contributed by atoms with Gasteiger partial charge in [0.25, 0.3) is 0 Å². The van der Waals surface area contributed by atoms with Crippen molar-refractivity contribution in [3.8, 4) is 0 Å². The first-order chi connectivity index (χ1) is 7.06. The summed E-state index contributed by atoms with van der Waals surface area (Å²) < 4.78 is 0. The first-order valence-electron chi connectivity index (χ1n) is 5.56. The maximum atomic E-state index is 11.9. The molecule has 0 saturated heterocycles. The average Bonchev–Trinajstić information content (AvgIpc) is 2.24. The van der Waals surface area contributed by atoms with Gasteiger partial charge in [-0.3, -0.25) is 9.59 Å². The Labute approximate surface area is 92.0 Å². The normalized spacial score (nSPS) is 12.0. The van der Waals surface area contributed by atoms with Crippen LogP contribution in [0.3, 0.4) is 0 Å². The van der Waals surface area contributed by atoms with Crippen LogP contribution in [0.5, 0.6) is 0 Å². The van der Waals surface area contributed by atoms with E-state index in [1.165, 1.54) is 0 Å². The van der Waals surface area contributed by atoms with Crippen molar-refractivity contribution < 1.29 is 9.59 Å². The lowest BCUT2D eigenvalue weighted by Crippen LogP contribution is -2.41. The van der Waals surface area contributed by atoms with E-state index in [2.05, 4.69) is 12.2 Å². The van der Waals surface area contributed by atoms with Crippen molar-refractivity contribution in [3.05, 3.63) is 0 Å². The van der Waals surface area contributed by atoms with E-state index in [1.54, 1.807) is 11.9 Å². The van der Waals surface area contributed by atoms with Gasteiger partial charge in [-0.25, -0.2) is 0 Å². The molecule has 1 N–H and O–H groups in total. The summed E-state index contributed by atoms with van der Waals surface area (Å²) in [5.41, 5.74) is 0. The molecular formula is C11H22N2O2. The van der Waals surface area contributed by atoms with Gasteiger partial charge in [0.05, 0.1) is 6.54 Å². The van der Waals surface area contributed by atoms with E-state index in [9.17, 15) is 9.59 Å². The maximum absolute atomic E-state index is 11.9. The standard InChI is InChI=1S/C11H22N2O2/c1-5-7-9(3)11(15)13(6-2)8-10(14)12-4/h9H,5-8H2,1-4H3,(H,12,14)/t9-/m1/s1. The lowest BCUT2D eigenvalue weighted by molar-refractivity contribution is -0.138. The van der Waals surface area contributed by atoms with E-state index in [0.29, 0.717) is 6.54 Å². The van der Waals surface area contributed by atoms with Crippen LogP contribution in [0.2, 0.25) is 0 Å². The molecule has 0 aromatic rings. The van der Waals surface area contributed by atoms with Crippen LogP contribution in [0, 0.1) is 5.92 Å². The lowest BCUT2D eigenvalue weighted by atomic mass is 10.0. The molecule has 0 aliphatic carbocycles. The van der Waals surface area contributed by atoms with E-state index < -0.39 is 0 Å². The van der Waals surface area contributed by atoms with Crippen molar-refractivity contribution in [2.45, 2.75) is 33.6 Å². The van der Waals surface area contributed by atoms with Gasteiger partial charge in [-0.15, -0.1) is 0 Å². The topological polar surface area (TPSA) is 49.4 Å². The van der Waals surface area contributed by atoms with Gasteiger partial charge in [-0.05, 0) is 13.3 Å². The molecule has 4 nitrogen and oxygen atoms in total. The Balaban J connectivity index is 4.27. The van der Waals surface area contributed by atoms with Crippen molar-refractivity contribution in [1.82, 2.24) is 10.2 Å². The third-order valence-corrected chi connectivity index (χ3v) is 2.45. The quantitative estimate of drug-likeness (QED) is 0.717. The van der Waals surface area contributed by atoms with Crippen LogP contribution in [0.15, 0.2) is 0 Å². The van der Waals surface area contributed by atoms with Crippen LogP contribution in [0.25, 0.3) is 0 Å². The minimum absolute atomic E-state index is 0.0135. The molecule has 88 valence electrons. The molecule has 0 heterocycles. The monoisotopic (exact) mass is 214 g/mol. The molecule has 0 rings (SSSR count). The Bertz CT molecular complexity index is 217. The molecular weight excluding hydrogens is 192 g/mol. The molecule has 0 unspecified atom stereocenters. The molecule has 1 atom stereocenters. The van der Waals surface area contributed by atoms with Gasteiger partial charge in [0.2, 0.25) is 11.8 Å². The van der Waals surface area contributed by atoms with Crippen molar-refractivity contribution >= 4 is 11.8 Å². The predicted octanol–water partition coefficient (Wildman–Crippen LogP) is 1.02. The Morgan fingerprint density at radius 2 is 1.93 bits per heavy atom. The van der Waals surface area contributed by atoms with Gasteiger partial charge >= 0.3 is 0 Å². The van der Waals surface area contributed by atoms with Crippen molar-refractivity contribution in [1.29, 1.82) is 0 Å². The highest BCUT2D eigenvalue weighted by Gasteiger charge is 2.19.